The van der Waals surface area contributed by atoms with Crippen LogP contribution in [-0.2, 0) is 0 Å². The molecule has 2 aliphatic rings. The molecule has 43 heavy (non-hydrogen) atoms. The van der Waals surface area contributed by atoms with E-state index in [-0.39, 0.29) is 6.04 Å². The molecule has 1 aliphatic carbocycles. The Bertz CT molecular complexity index is 2490. The number of hydrogen-bond donors (Lipinski definition) is 0. The van der Waals surface area contributed by atoms with Crippen molar-refractivity contribution >= 4 is 66.0 Å². The van der Waals surface area contributed by atoms with Crippen molar-refractivity contribution in [3.05, 3.63) is 145 Å². The minimum Gasteiger partial charge on any atom is -0.456 e. The molecule has 3 heterocycles. The molecule has 8 aromatic rings. The fraction of sp³-hybridized carbons (Fsp3) is 0.0500. The molecule has 10 rings (SSSR count). The van der Waals surface area contributed by atoms with Crippen LogP contribution < -0.4 is 4.90 Å². The molecule has 202 valence electrons. The smallest absolute Gasteiger partial charge is 0.136 e. The van der Waals surface area contributed by atoms with Crippen molar-refractivity contribution in [2.75, 3.05) is 4.90 Å². The number of allylic oxidation sites excluding steroid dienone is 2. The molecule has 0 saturated carbocycles. The van der Waals surface area contributed by atoms with Crippen LogP contribution in [0.1, 0.15) is 11.5 Å². The summed E-state index contributed by atoms with van der Waals surface area (Å²) in [5.74, 6) is 0.354. The third-order valence-electron chi connectivity index (χ3n) is 9.38. The van der Waals surface area contributed by atoms with E-state index in [1.54, 1.807) is 0 Å². The fourth-order valence-electron chi connectivity index (χ4n) is 7.42. The van der Waals surface area contributed by atoms with E-state index in [2.05, 4.69) is 144 Å². The van der Waals surface area contributed by atoms with Crippen LogP contribution in [-0.4, -0.2) is 6.04 Å². The van der Waals surface area contributed by atoms with Crippen molar-refractivity contribution in [1.29, 1.82) is 0 Å². The topological polar surface area (TPSA) is 29.5 Å². The molecule has 2 unspecified atom stereocenters. The first-order valence-corrected chi connectivity index (χ1v) is 14.8. The highest BCUT2D eigenvalue weighted by Crippen LogP contribution is 2.48. The molecule has 6 aromatic carbocycles. The summed E-state index contributed by atoms with van der Waals surface area (Å²) >= 11 is 0. The summed E-state index contributed by atoms with van der Waals surface area (Å²) in [7, 11) is 0. The van der Waals surface area contributed by atoms with Crippen molar-refractivity contribution in [3.8, 4) is 11.1 Å². The fourth-order valence-corrected chi connectivity index (χ4v) is 7.42. The predicted octanol–water partition coefficient (Wildman–Crippen LogP) is 11.0. The molecule has 0 spiro atoms. The third-order valence-corrected chi connectivity index (χ3v) is 9.38. The Kier molecular flexibility index (Phi) is 4.56. The maximum atomic E-state index is 6.46. The van der Waals surface area contributed by atoms with Crippen LogP contribution in [0.2, 0.25) is 0 Å². The zero-order valence-electron chi connectivity index (χ0n) is 23.2. The van der Waals surface area contributed by atoms with Crippen LogP contribution in [0, 0.1) is 0 Å². The first-order valence-electron chi connectivity index (χ1n) is 14.8. The van der Waals surface area contributed by atoms with E-state index in [4.69, 9.17) is 8.83 Å². The van der Waals surface area contributed by atoms with Gasteiger partial charge in [-0.05, 0) is 76.0 Å². The van der Waals surface area contributed by atoms with Gasteiger partial charge in [-0.25, -0.2) is 0 Å². The van der Waals surface area contributed by atoms with Gasteiger partial charge in [0.25, 0.3) is 0 Å². The minimum absolute atomic E-state index is 0.260. The molecule has 2 atom stereocenters. The summed E-state index contributed by atoms with van der Waals surface area (Å²) in [6, 6.07) is 41.4. The average molecular weight is 552 g/mol. The minimum atomic E-state index is 0.260. The highest BCUT2D eigenvalue weighted by atomic mass is 16.3. The highest BCUT2D eigenvalue weighted by Gasteiger charge is 2.37. The van der Waals surface area contributed by atoms with Crippen LogP contribution in [0.15, 0.2) is 148 Å². The second kappa shape index (κ2) is 8.50. The largest absolute Gasteiger partial charge is 0.456 e. The first kappa shape index (κ1) is 23.1. The number of hydrogen-bond acceptors (Lipinski definition) is 3. The molecule has 0 N–H and O–H groups in total. The van der Waals surface area contributed by atoms with Gasteiger partial charge in [-0.1, -0.05) is 91.0 Å². The number of nitrogens with zero attached hydrogens (tertiary/aromatic N) is 1. The molecule has 3 nitrogen and oxygen atoms in total. The molecule has 0 bridgehead atoms. The lowest BCUT2D eigenvalue weighted by Crippen LogP contribution is -2.28. The van der Waals surface area contributed by atoms with E-state index in [1.807, 2.05) is 0 Å². The normalized spacial score (nSPS) is 17.5. The molecule has 0 radical (unpaired) electrons. The maximum absolute atomic E-state index is 6.46. The zero-order chi connectivity index (χ0) is 28.1. The lowest BCUT2D eigenvalue weighted by atomic mass is 9.91. The Balaban J connectivity index is 1.14. The van der Waals surface area contributed by atoms with E-state index in [1.165, 1.54) is 38.8 Å². The van der Waals surface area contributed by atoms with E-state index in [0.717, 1.165) is 43.9 Å². The van der Waals surface area contributed by atoms with Gasteiger partial charge in [-0.3, -0.25) is 0 Å². The van der Waals surface area contributed by atoms with Gasteiger partial charge in [0.1, 0.15) is 22.3 Å². The number of benzene rings is 6. The van der Waals surface area contributed by atoms with Crippen LogP contribution in [0.5, 0.6) is 0 Å². The molecular formula is C40H25NO2. The summed E-state index contributed by atoms with van der Waals surface area (Å²) in [5, 5.41) is 6.83. The van der Waals surface area contributed by atoms with Crippen molar-refractivity contribution < 1.29 is 8.83 Å². The summed E-state index contributed by atoms with van der Waals surface area (Å²) < 4.78 is 12.9. The van der Waals surface area contributed by atoms with Crippen molar-refractivity contribution in [2.24, 2.45) is 0 Å². The number of rotatable bonds is 2. The number of anilines is 2. The summed E-state index contributed by atoms with van der Waals surface area (Å²) in [5.41, 5.74) is 9.72. The van der Waals surface area contributed by atoms with Gasteiger partial charge in [-0.2, -0.15) is 0 Å². The van der Waals surface area contributed by atoms with E-state index < -0.39 is 0 Å². The molecule has 0 fully saturated rings. The molecule has 3 heteroatoms. The number of furan rings is 2. The van der Waals surface area contributed by atoms with E-state index in [9.17, 15) is 0 Å². The van der Waals surface area contributed by atoms with Gasteiger partial charge in [0.2, 0.25) is 0 Å². The lowest BCUT2D eigenvalue weighted by Gasteiger charge is -2.28. The Hall–Kier alpha value is -5.54. The average Bonchev–Trinajstić information content (AvgIpc) is 3.71. The van der Waals surface area contributed by atoms with Crippen LogP contribution in [0.25, 0.3) is 65.8 Å². The van der Waals surface area contributed by atoms with Crippen LogP contribution >= 0.6 is 0 Å². The van der Waals surface area contributed by atoms with Crippen molar-refractivity contribution in [2.45, 2.75) is 12.0 Å². The first-order chi connectivity index (χ1) is 21.3. The lowest BCUT2D eigenvalue weighted by molar-refractivity contribution is 0.664. The highest BCUT2D eigenvalue weighted by molar-refractivity contribution is 6.16. The number of para-hydroxylation sites is 1. The Morgan fingerprint density at radius 3 is 2.09 bits per heavy atom. The summed E-state index contributed by atoms with van der Waals surface area (Å²) in [6.07, 6.45) is 8.96. The monoisotopic (exact) mass is 551 g/mol. The second-order valence-corrected chi connectivity index (χ2v) is 11.7. The zero-order valence-corrected chi connectivity index (χ0v) is 23.2. The molecule has 2 aromatic heterocycles. The van der Waals surface area contributed by atoms with E-state index >= 15 is 0 Å². The molecule has 1 aliphatic heterocycles. The van der Waals surface area contributed by atoms with Gasteiger partial charge in [0.05, 0.1) is 6.04 Å². The second-order valence-electron chi connectivity index (χ2n) is 11.7. The Morgan fingerprint density at radius 1 is 0.512 bits per heavy atom. The quantitative estimate of drug-likeness (QED) is 0.214. The van der Waals surface area contributed by atoms with Crippen molar-refractivity contribution in [3.63, 3.8) is 0 Å². The van der Waals surface area contributed by atoms with Crippen LogP contribution in [0.4, 0.5) is 11.4 Å². The van der Waals surface area contributed by atoms with Gasteiger partial charge < -0.3 is 13.7 Å². The summed E-state index contributed by atoms with van der Waals surface area (Å²) in [6.45, 7) is 0. The SMILES string of the molecule is C1=CC2c3ccccc3N(c3ccc4oc5cc6c(cc5c4c3)oc3ccc(-c4cccc5ccccc45)cc36)C2C=C1. The summed E-state index contributed by atoms with van der Waals surface area (Å²) in [4.78, 5) is 2.47. The van der Waals surface area contributed by atoms with Crippen molar-refractivity contribution in [1.82, 2.24) is 0 Å². The molecule has 0 amide bonds. The molecule has 0 saturated heterocycles. The maximum Gasteiger partial charge on any atom is 0.136 e. The molecular weight excluding hydrogens is 526 g/mol. The van der Waals surface area contributed by atoms with Crippen LogP contribution in [0.3, 0.4) is 0 Å². The van der Waals surface area contributed by atoms with Gasteiger partial charge in [0.15, 0.2) is 0 Å². The standard InChI is InChI=1S/C40H25NO2/c1-2-10-27-24(8-1)9-7-13-28(27)25-16-18-37-31(20-25)33-22-40-34(23-39(33)42-37)32-21-26(17-19-38(32)43-40)41-35-14-5-3-11-29(35)30-12-4-6-15-36(30)41/h1-23,29,35H. The predicted molar refractivity (Wildman–Crippen MR) is 177 cm³/mol. The van der Waals surface area contributed by atoms with Gasteiger partial charge in [0, 0.05) is 38.8 Å². The Labute approximate surface area is 247 Å². The third kappa shape index (κ3) is 3.25. The van der Waals surface area contributed by atoms with Gasteiger partial charge in [-0.15, -0.1) is 0 Å². The number of fused-ring (bicyclic) bond motifs is 10. The van der Waals surface area contributed by atoms with E-state index in [0.29, 0.717) is 5.92 Å². The Morgan fingerprint density at radius 2 is 1.21 bits per heavy atom. The van der Waals surface area contributed by atoms with Gasteiger partial charge >= 0.3 is 0 Å².